The number of esters is 1. The Morgan fingerprint density at radius 2 is 2.00 bits per heavy atom. The average Bonchev–Trinajstić information content (AvgIpc) is 2.73. The highest BCUT2D eigenvalue weighted by Crippen LogP contribution is 2.51. The number of hydrogen-bond donors (Lipinski definition) is 1. The van der Waals surface area contributed by atoms with Crippen LogP contribution in [0.3, 0.4) is 0 Å². The minimum absolute atomic E-state index is 0.0101. The summed E-state index contributed by atoms with van der Waals surface area (Å²) in [7, 11) is 1.48. The fourth-order valence-corrected chi connectivity index (χ4v) is 6.06. The molecule has 2 aliphatic carbocycles. The Bertz CT molecular complexity index is 751. The molecular weight excluding hydrogens is 380 g/mol. The smallest absolute Gasteiger partial charge is 0.311 e. The predicted molar refractivity (Wildman–Crippen MR) is 114 cm³/mol. The number of benzene rings is 1. The van der Waals surface area contributed by atoms with Crippen molar-refractivity contribution in [3.63, 3.8) is 0 Å². The molecule has 0 radical (unpaired) electrons. The molecule has 1 N–H and O–H groups in total. The van der Waals surface area contributed by atoms with Gasteiger partial charge in [0.2, 0.25) is 0 Å². The van der Waals surface area contributed by atoms with Crippen molar-refractivity contribution in [3.8, 4) is 0 Å². The van der Waals surface area contributed by atoms with Crippen molar-refractivity contribution >= 4 is 11.9 Å². The number of carbonyl (C=O) groups excluding carboxylic acids is 2. The summed E-state index contributed by atoms with van der Waals surface area (Å²) in [6.45, 7) is 5.02. The molecule has 30 heavy (non-hydrogen) atoms. The first-order valence-electron chi connectivity index (χ1n) is 11.2. The van der Waals surface area contributed by atoms with E-state index < -0.39 is 11.5 Å². The van der Waals surface area contributed by atoms with Gasteiger partial charge >= 0.3 is 5.97 Å². The van der Waals surface area contributed by atoms with Crippen molar-refractivity contribution in [1.82, 2.24) is 10.2 Å². The highest BCUT2D eigenvalue weighted by atomic mass is 16.5. The molecule has 3 unspecified atom stereocenters. The molecule has 3 fully saturated rings. The molecule has 0 aromatic heterocycles. The van der Waals surface area contributed by atoms with Gasteiger partial charge in [-0.1, -0.05) is 37.3 Å². The fourth-order valence-electron chi connectivity index (χ4n) is 6.06. The molecule has 5 atom stereocenters. The SMILES string of the molecule is COC(=O)[C@@]12CC(C)CC(CC(NC(=O)[C@@H]3CN(Cc4ccccc4)CCO3)C1)C2. The van der Waals surface area contributed by atoms with Crippen LogP contribution in [0, 0.1) is 17.3 Å². The van der Waals surface area contributed by atoms with Gasteiger partial charge in [0, 0.05) is 25.7 Å². The summed E-state index contributed by atoms with van der Waals surface area (Å²) in [6.07, 6.45) is 4.02. The van der Waals surface area contributed by atoms with E-state index in [0.29, 0.717) is 31.4 Å². The highest BCUT2D eigenvalue weighted by molar-refractivity contribution is 5.82. The molecule has 0 spiro atoms. The van der Waals surface area contributed by atoms with E-state index in [1.165, 1.54) is 12.7 Å². The molecule has 2 bridgehead atoms. The van der Waals surface area contributed by atoms with Crippen LogP contribution in [0.4, 0.5) is 0 Å². The van der Waals surface area contributed by atoms with E-state index in [9.17, 15) is 9.59 Å². The molecule has 164 valence electrons. The van der Waals surface area contributed by atoms with Crippen LogP contribution < -0.4 is 5.32 Å². The predicted octanol–water partition coefficient (Wildman–Crippen LogP) is 2.76. The highest BCUT2D eigenvalue weighted by Gasteiger charge is 2.51. The Balaban J connectivity index is 1.36. The average molecular weight is 415 g/mol. The zero-order valence-electron chi connectivity index (χ0n) is 18.1. The third-order valence-electron chi connectivity index (χ3n) is 7.07. The first-order valence-corrected chi connectivity index (χ1v) is 11.2. The molecule has 6 nitrogen and oxygen atoms in total. The van der Waals surface area contributed by atoms with Gasteiger partial charge in [-0.2, -0.15) is 0 Å². The zero-order valence-corrected chi connectivity index (χ0v) is 18.1. The summed E-state index contributed by atoms with van der Waals surface area (Å²) in [5.74, 6) is 0.827. The molecule has 2 saturated carbocycles. The van der Waals surface area contributed by atoms with E-state index in [4.69, 9.17) is 9.47 Å². The maximum Gasteiger partial charge on any atom is 0.311 e. The number of methoxy groups -OCH3 is 1. The lowest BCUT2D eigenvalue weighted by molar-refractivity contribution is -0.162. The van der Waals surface area contributed by atoms with Crippen molar-refractivity contribution in [2.45, 2.75) is 57.7 Å². The largest absolute Gasteiger partial charge is 0.469 e. The first kappa shape index (κ1) is 21.3. The normalized spacial score (nSPS) is 34.2. The lowest BCUT2D eigenvalue weighted by Gasteiger charge is -2.48. The summed E-state index contributed by atoms with van der Waals surface area (Å²) >= 11 is 0. The number of fused-ring (bicyclic) bond motifs is 2. The van der Waals surface area contributed by atoms with Gasteiger partial charge in [-0.05, 0) is 49.5 Å². The van der Waals surface area contributed by atoms with E-state index >= 15 is 0 Å². The van der Waals surface area contributed by atoms with Gasteiger partial charge in [0.05, 0.1) is 19.1 Å². The van der Waals surface area contributed by atoms with E-state index in [0.717, 1.165) is 38.8 Å². The molecule has 1 aliphatic heterocycles. The number of nitrogens with one attached hydrogen (secondary N) is 1. The van der Waals surface area contributed by atoms with Crippen molar-refractivity contribution in [1.29, 1.82) is 0 Å². The Hall–Kier alpha value is -1.92. The van der Waals surface area contributed by atoms with Crippen LogP contribution in [-0.2, 0) is 25.6 Å². The van der Waals surface area contributed by atoms with Crippen LogP contribution in [0.5, 0.6) is 0 Å². The zero-order chi connectivity index (χ0) is 21.1. The maximum atomic E-state index is 13.0. The number of amides is 1. The first-order chi connectivity index (χ1) is 14.5. The van der Waals surface area contributed by atoms with Gasteiger partial charge in [-0.25, -0.2) is 0 Å². The second-order valence-corrected chi connectivity index (χ2v) is 9.61. The Labute approximate surface area is 179 Å². The van der Waals surface area contributed by atoms with Gasteiger partial charge in [-0.15, -0.1) is 0 Å². The third-order valence-corrected chi connectivity index (χ3v) is 7.07. The minimum Gasteiger partial charge on any atom is -0.469 e. The number of morpholine rings is 1. The van der Waals surface area contributed by atoms with Crippen molar-refractivity contribution in [3.05, 3.63) is 35.9 Å². The molecule has 1 heterocycles. The molecule has 1 aromatic carbocycles. The summed E-state index contributed by atoms with van der Waals surface area (Å²) < 4.78 is 11.0. The van der Waals surface area contributed by atoms with E-state index in [-0.39, 0.29) is 17.9 Å². The molecule has 4 rings (SSSR count). The van der Waals surface area contributed by atoms with Crippen LogP contribution in [0.1, 0.15) is 44.6 Å². The topological polar surface area (TPSA) is 67.9 Å². The molecular formula is C24H34N2O4. The minimum atomic E-state index is -0.461. The second-order valence-electron chi connectivity index (χ2n) is 9.61. The fraction of sp³-hybridized carbons (Fsp3) is 0.667. The van der Waals surface area contributed by atoms with Gasteiger partial charge in [0.25, 0.3) is 5.91 Å². The van der Waals surface area contributed by atoms with Gasteiger partial charge in [0.15, 0.2) is 0 Å². The van der Waals surface area contributed by atoms with Crippen LogP contribution in [0.2, 0.25) is 0 Å². The quantitative estimate of drug-likeness (QED) is 0.751. The number of hydrogen-bond acceptors (Lipinski definition) is 5. The molecule has 1 amide bonds. The molecule has 1 aromatic rings. The van der Waals surface area contributed by atoms with Crippen LogP contribution in [0.15, 0.2) is 30.3 Å². The Morgan fingerprint density at radius 3 is 2.77 bits per heavy atom. The van der Waals surface area contributed by atoms with Crippen molar-refractivity contribution in [2.75, 3.05) is 26.8 Å². The number of ether oxygens (including phenoxy) is 2. The summed E-state index contributed by atoms with van der Waals surface area (Å²) in [4.78, 5) is 27.9. The second kappa shape index (κ2) is 9.06. The number of nitrogens with zero attached hydrogens (tertiary/aromatic N) is 1. The molecule has 1 saturated heterocycles. The van der Waals surface area contributed by atoms with Crippen molar-refractivity contribution < 1.29 is 19.1 Å². The Morgan fingerprint density at radius 1 is 1.20 bits per heavy atom. The summed E-state index contributed by atoms with van der Waals surface area (Å²) in [5, 5.41) is 3.22. The maximum absolute atomic E-state index is 13.0. The monoisotopic (exact) mass is 414 g/mol. The van der Waals surface area contributed by atoms with Crippen LogP contribution in [0.25, 0.3) is 0 Å². The molecule has 6 heteroatoms. The number of rotatable bonds is 5. The van der Waals surface area contributed by atoms with Crippen LogP contribution >= 0.6 is 0 Å². The Kier molecular flexibility index (Phi) is 6.44. The van der Waals surface area contributed by atoms with Gasteiger partial charge in [-0.3, -0.25) is 14.5 Å². The molecule has 3 aliphatic rings. The standard InChI is InChI=1S/C24H34N2O4/c1-17-10-19-11-20(14-24(12-17,13-19)23(28)29-2)25-22(27)21-16-26(8-9-30-21)15-18-6-4-3-5-7-18/h3-7,17,19-21H,8-16H2,1-2H3,(H,25,27)/t17?,19?,20?,21-,24+/m0/s1. The van der Waals surface area contributed by atoms with Gasteiger partial charge in [0.1, 0.15) is 6.10 Å². The number of carbonyl (C=O) groups is 2. The summed E-state index contributed by atoms with van der Waals surface area (Å²) in [6, 6.07) is 10.3. The lowest BCUT2D eigenvalue weighted by atomic mass is 9.58. The van der Waals surface area contributed by atoms with Gasteiger partial charge < -0.3 is 14.8 Å². The lowest BCUT2D eigenvalue weighted by Crippen LogP contribution is -2.55. The van der Waals surface area contributed by atoms with Crippen LogP contribution in [-0.4, -0.2) is 55.7 Å². The third kappa shape index (κ3) is 4.70. The summed E-state index contributed by atoms with van der Waals surface area (Å²) in [5.41, 5.74) is 0.799. The van der Waals surface area contributed by atoms with E-state index in [1.54, 1.807) is 0 Å². The van der Waals surface area contributed by atoms with E-state index in [2.05, 4.69) is 29.3 Å². The van der Waals surface area contributed by atoms with Crippen molar-refractivity contribution in [2.24, 2.45) is 17.3 Å². The van der Waals surface area contributed by atoms with E-state index in [1.807, 2.05) is 18.2 Å².